The van der Waals surface area contributed by atoms with E-state index >= 15 is 0 Å². The third kappa shape index (κ3) is 2.44. The summed E-state index contributed by atoms with van der Waals surface area (Å²) in [5.74, 6) is -0.787. The van der Waals surface area contributed by atoms with Gasteiger partial charge in [0.1, 0.15) is 6.04 Å². The zero-order chi connectivity index (χ0) is 12.4. The van der Waals surface area contributed by atoms with E-state index in [0.717, 1.165) is 10.5 Å². The van der Waals surface area contributed by atoms with Crippen LogP contribution in [0.1, 0.15) is 18.4 Å². The van der Waals surface area contributed by atoms with Crippen LogP contribution < -0.4 is 5.32 Å². The minimum atomic E-state index is -1.02. The predicted molar refractivity (Wildman–Crippen MR) is 65.1 cm³/mol. The van der Waals surface area contributed by atoms with E-state index in [1.807, 2.05) is 24.3 Å². The molecule has 0 bridgehead atoms. The van der Waals surface area contributed by atoms with E-state index in [1.54, 1.807) is 11.8 Å². The Balaban J connectivity index is 2.10. The van der Waals surface area contributed by atoms with Crippen LogP contribution >= 0.6 is 11.8 Å². The second kappa shape index (κ2) is 4.79. The molecule has 0 saturated carbocycles. The molecule has 5 heteroatoms. The molecule has 0 spiro atoms. The fourth-order valence-corrected chi connectivity index (χ4v) is 2.98. The minimum absolute atomic E-state index is 0.211. The summed E-state index contributed by atoms with van der Waals surface area (Å²) in [5, 5.41) is 11.3. The molecule has 1 aromatic rings. The summed E-state index contributed by atoms with van der Waals surface area (Å²) in [7, 11) is 0. The monoisotopic (exact) mass is 251 g/mol. The highest BCUT2D eigenvalue weighted by molar-refractivity contribution is 7.99. The summed E-state index contributed by atoms with van der Waals surface area (Å²) in [4.78, 5) is 23.7. The van der Waals surface area contributed by atoms with Gasteiger partial charge in [0.15, 0.2) is 0 Å². The first-order chi connectivity index (χ1) is 8.09. The summed E-state index contributed by atoms with van der Waals surface area (Å²) in [6.07, 6.45) is 0. The first kappa shape index (κ1) is 12.0. The molecule has 2 N–H and O–H groups in total. The summed E-state index contributed by atoms with van der Waals surface area (Å²) in [6, 6.07) is 6.89. The lowest BCUT2D eigenvalue weighted by atomic mass is 10.0. The molecule has 2 atom stereocenters. The largest absolute Gasteiger partial charge is 0.480 e. The van der Waals surface area contributed by atoms with E-state index < -0.39 is 12.0 Å². The normalized spacial score (nSPS) is 19.5. The van der Waals surface area contributed by atoms with E-state index in [2.05, 4.69) is 5.32 Å². The van der Waals surface area contributed by atoms with Crippen LogP contribution in [0.5, 0.6) is 0 Å². The SMILES string of the molecule is C[C@@H](NC(=O)[C@H]1CSc2ccccc21)C(=O)O. The van der Waals surface area contributed by atoms with Gasteiger partial charge in [-0.25, -0.2) is 0 Å². The van der Waals surface area contributed by atoms with Crippen molar-refractivity contribution in [2.75, 3.05) is 5.75 Å². The van der Waals surface area contributed by atoms with Crippen molar-refractivity contribution in [3.63, 3.8) is 0 Å². The Hall–Kier alpha value is -1.49. The standard InChI is InChI=1S/C12H13NO3S/c1-7(12(15)16)13-11(14)9-6-17-10-5-3-2-4-8(9)10/h2-5,7,9H,6H2,1H3,(H,13,14)(H,15,16)/t7-,9+/m1/s1. The Bertz CT molecular complexity index is 461. The van der Waals surface area contributed by atoms with Crippen LogP contribution in [0.3, 0.4) is 0 Å². The molecule has 0 unspecified atom stereocenters. The molecule has 0 aliphatic carbocycles. The van der Waals surface area contributed by atoms with Gasteiger partial charge >= 0.3 is 5.97 Å². The second-order valence-electron chi connectivity index (χ2n) is 3.97. The summed E-state index contributed by atoms with van der Waals surface area (Å²) < 4.78 is 0. The Morgan fingerprint density at radius 2 is 2.18 bits per heavy atom. The number of thioether (sulfide) groups is 1. The molecule has 17 heavy (non-hydrogen) atoms. The first-order valence-corrected chi connectivity index (χ1v) is 6.33. The highest BCUT2D eigenvalue weighted by Gasteiger charge is 2.30. The number of fused-ring (bicyclic) bond motifs is 1. The molecule has 1 heterocycles. The summed E-state index contributed by atoms with van der Waals surface area (Å²) in [6.45, 7) is 1.47. The molecule has 1 aromatic carbocycles. The maximum Gasteiger partial charge on any atom is 0.325 e. The van der Waals surface area contributed by atoms with Crippen molar-refractivity contribution in [2.45, 2.75) is 23.8 Å². The number of carbonyl (C=O) groups is 2. The average molecular weight is 251 g/mol. The molecule has 1 aliphatic heterocycles. The molecule has 4 nitrogen and oxygen atoms in total. The molecule has 0 fully saturated rings. The highest BCUT2D eigenvalue weighted by atomic mass is 32.2. The number of nitrogens with one attached hydrogen (secondary N) is 1. The lowest BCUT2D eigenvalue weighted by molar-refractivity contribution is -0.141. The maximum atomic E-state index is 11.9. The lowest BCUT2D eigenvalue weighted by Gasteiger charge is -2.14. The lowest BCUT2D eigenvalue weighted by Crippen LogP contribution is -2.41. The molecule has 1 amide bonds. The molecule has 2 rings (SSSR count). The number of carbonyl (C=O) groups excluding carboxylic acids is 1. The Labute approximate surface area is 103 Å². The van der Waals surface area contributed by atoms with Crippen LogP contribution in [0, 0.1) is 0 Å². The molecular formula is C12H13NO3S. The van der Waals surface area contributed by atoms with Gasteiger partial charge in [0.2, 0.25) is 5.91 Å². The number of rotatable bonds is 3. The number of amides is 1. The van der Waals surface area contributed by atoms with Gasteiger partial charge in [-0.2, -0.15) is 0 Å². The number of hydrogen-bond acceptors (Lipinski definition) is 3. The molecule has 90 valence electrons. The fourth-order valence-electron chi connectivity index (χ4n) is 1.76. The van der Waals surface area contributed by atoms with Crippen LogP contribution in [0.4, 0.5) is 0 Å². The molecule has 0 aromatic heterocycles. The van der Waals surface area contributed by atoms with Crippen LogP contribution in [0.2, 0.25) is 0 Å². The zero-order valence-electron chi connectivity index (χ0n) is 9.34. The molecular weight excluding hydrogens is 238 g/mol. The van der Waals surface area contributed by atoms with Crippen molar-refractivity contribution in [1.82, 2.24) is 5.32 Å². The van der Waals surface area contributed by atoms with Crippen molar-refractivity contribution in [3.05, 3.63) is 29.8 Å². The van der Waals surface area contributed by atoms with Gasteiger partial charge in [-0.05, 0) is 18.6 Å². The predicted octanol–water partition coefficient (Wildman–Crippen LogP) is 1.47. The van der Waals surface area contributed by atoms with Crippen molar-refractivity contribution < 1.29 is 14.7 Å². The van der Waals surface area contributed by atoms with Crippen LogP contribution in [0.25, 0.3) is 0 Å². The quantitative estimate of drug-likeness (QED) is 0.853. The van der Waals surface area contributed by atoms with Crippen molar-refractivity contribution in [3.8, 4) is 0 Å². The Morgan fingerprint density at radius 1 is 1.47 bits per heavy atom. The minimum Gasteiger partial charge on any atom is -0.480 e. The Kier molecular flexibility index (Phi) is 3.38. The molecule has 0 saturated heterocycles. The van der Waals surface area contributed by atoms with Crippen LogP contribution in [0.15, 0.2) is 29.2 Å². The zero-order valence-corrected chi connectivity index (χ0v) is 10.2. The van der Waals surface area contributed by atoms with Crippen LogP contribution in [-0.4, -0.2) is 28.8 Å². The fraction of sp³-hybridized carbons (Fsp3) is 0.333. The van der Waals surface area contributed by atoms with Gasteiger partial charge in [0.05, 0.1) is 5.92 Å². The van der Waals surface area contributed by atoms with E-state index in [4.69, 9.17) is 5.11 Å². The van der Waals surface area contributed by atoms with Gasteiger partial charge in [-0.15, -0.1) is 11.8 Å². The van der Waals surface area contributed by atoms with E-state index in [0.29, 0.717) is 5.75 Å². The van der Waals surface area contributed by atoms with E-state index in [9.17, 15) is 9.59 Å². The molecule has 0 radical (unpaired) electrons. The number of aliphatic carboxylic acids is 1. The van der Waals surface area contributed by atoms with Gasteiger partial charge in [-0.1, -0.05) is 18.2 Å². The summed E-state index contributed by atoms with van der Waals surface area (Å²) >= 11 is 1.63. The number of carboxylic acids is 1. The summed E-state index contributed by atoms with van der Waals surface area (Å²) in [5.41, 5.74) is 0.993. The third-order valence-electron chi connectivity index (χ3n) is 2.75. The highest BCUT2D eigenvalue weighted by Crippen LogP contribution is 2.39. The van der Waals surface area contributed by atoms with Gasteiger partial charge in [0, 0.05) is 10.6 Å². The maximum absolute atomic E-state index is 11.9. The van der Waals surface area contributed by atoms with Gasteiger partial charge < -0.3 is 10.4 Å². The topological polar surface area (TPSA) is 66.4 Å². The smallest absolute Gasteiger partial charge is 0.325 e. The average Bonchev–Trinajstić information content (AvgIpc) is 2.72. The second-order valence-corrected chi connectivity index (χ2v) is 5.03. The first-order valence-electron chi connectivity index (χ1n) is 5.34. The Morgan fingerprint density at radius 3 is 2.88 bits per heavy atom. The van der Waals surface area contributed by atoms with Crippen molar-refractivity contribution in [1.29, 1.82) is 0 Å². The van der Waals surface area contributed by atoms with Gasteiger partial charge in [0.25, 0.3) is 0 Å². The number of hydrogen-bond donors (Lipinski definition) is 2. The number of carboxylic acid groups (broad SMARTS) is 1. The number of benzene rings is 1. The van der Waals surface area contributed by atoms with Crippen LogP contribution in [-0.2, 0) is 9.59 Å². The van der Waals surface area contributed by atoms with Crippen molar-refractivity contribution >= 4 is 23.6 Å². The third-order valence-corrected chi connectivity index (χ3v) is 3.93. The van der Waals surface area contributed by atoms with E-state index in [1.165, 1.54) is 6.92 Å². The van der Waals surface area contributed by atoms with Crippen molar-refractivity contribution in [2.24, 2.45) is 0 Å². The van der Waals surface area contributed by atoms with Gasteiger partial charge in [-0.3, -0.25) is 9.59 Å². The van der Waals surface area contributed by atoms with E-state index in [-0.39, 0.29) is 11.8 Å². The molecule has 1 aliphatic rings.